The summed E-state index contributed by atoms with van der Waals surface area (Å²) in [7, 11) is -3.83. The molecule has 0 bridgehead atoms. The smallest absolute Gasteiger partial charge is 0.223 e. The van der Waals surface area contributed by atoms with Gasteiger partial charge in [0.15, 0.2) is 9.84 Å². The molecule has 1 aromatic rings. The van der Waals surface area contributed by atoms with E-state index in [2.05, 4.69) is 0 Å². The molecule has 0 amide bonds. The van der Waals surface area contributed by atoms with Crippen molar-refractivity contribution in [1.29, 1.82) is 5.26 Å². The van der Waals surface area contributed by atoms with Crippen LogP contribution in [0.25, 0.3) is 0 Å². The molecule has 104 valence electrons. The van der Waals surface area contributed by atoms with Crippen molar-refractivity contribution >= 4 is 21.4 Å². The highest BCUT2D eigenvalue weighted by atomic mass is 35.5. The van der Waals surface area contributed by atoms with Crippen molar-refractivity contribution in [2.24, 2.45) is 0 Å². The van der Waals surface area contributed by atoms with Gasteiger partial charge >= 0.3 is 6.18 Å². The molecular weight excluding hydrogens is 303 g/mol. The highest BCUT2D eigenvalue weighted by Crippen LogP contribution is 2.33. The van der Waals surface area contributed by atoms with Gasteiger partial charge in [-0.05, 0) is 25.1 Å². The number of nitrogens with zero attached hydrogens (tertiary/aromatic N) is 1. The van der Waals surface area contributed by atoms with Crippen molar-refractivity contribution in [3.8, 4) is 6.07 Å². The molecule has 1 aromatic carbocycles. The van der Waals surface area contributed by atoms with Crippen LogP contribution in [-0.2, 0) is 16.0 Å². The second-order valence-corrected chi connectivity index (χ2v) is 6.50. The monoisotopic (exact) mass is 311 g/mol. The fourth-order valence-corrected chi connectivity index (χ4v) is 3.02. The Morgan fingerprint density at radius 2 is 2.00 bits per heavy atom. The minimum atomic E-state index is -4.70. The summed E-state index contributed by atoms with van der Waals surface area (Å²) < 4.78 is 61.5. The predicted octanol–water partition coefficient (Wildman–Crippen LogP) is 2.98. The Labute approximate surface area is 113 Å². The van der Waals surface area contributed by atoms with E-state index in [1.165, 1.54) is 13.0 Å². The molecule has 0 aliphatic carbocycles. The summed E-state index contributed by atoms with van der Waals surface area (Å²) in [6.45, 7) is 1.34. The van der Waals surface area contributed by atoms with E-state index in [0.717, 1.165) is 12.1 Å². The van der Waals surface area contributed by atoms with E-state index < -0.39 is 32.4 Å². The van der Waals surface area contributed by atoms with Gasteiger partial charge in [0.25, 0.3) is 0 Å². The number of hydrogen-bond acceptors (Lipinski definition) is 3. The molecule has 3 nitrogen and oxygen atoms in total. The van der Waals surface area contributed by atoms with Crippen LogP contribution in [-0.4, -0.2) is 19.5 Å². The zero-order chi connectivity index (χ0) is 14.8. The Bertz CT molecular complexity index is 620. The molecule has 0 radical (unpaired) electrons. The van der Waals surface area contributed by atoms with E-state index in [1.807, 2.05) is 0 Å². The first-order chi connectivity index (χ1) is 8.64. The molecule has 1 rings (SSSR count). The third-order valence-electron chi connectivity index (χ3n) is 2.49. The average molecular weight is 312 g/mol. The predicted molar refractivity (Wildman–Crippen MR) is 63.5 cm³/mol. The van der Waals surface area contributed by atoms with Crippen molar-refractivity contribution < 1.29 is 21.6 Å². The molecule has 0 heterocycles. The van der Waals surface area contributed by atoms with Crippen LogP contribution < -0.4 is 0 Å². The molecule has 0 saturated carbocycles. The summed E-state index contributed by atoms with van der Waals surface area (Å²) in [6.07, 6.45) is -4.70. The molecule has 0 saturated heterocycles. The van der Waals surface area contributed by atoms with E-state index in [4.69, 9.17) is 16.9 Å². The zero-order valence-corrected chi connectivity index (χ0v) is 11.3. The van der Waals surface area contributed by atoms with E-state index >= 15 is 0 Å². The van der Waals surface area contributed by atoms with Crippen LogP contribution in [0.4, 0.5) is 13.2 Å². The highest BCUT2D eigenvalue weighted by Gasteiger charge is 2.34. The number of sulfone groups is 1. The Morgan fingerprint density at radius 3 is 2.42 bits per heavy atom. The summed E-state index contributed by atoms with van der Waals surface area (Å²) in [6, 6.07) is 3.50. The lowest BCUT2D eigenvalue weighted by atomic mass is 10.1. The Balaban J connectivity index is 3.42. The number of alkyl halides is 4. The quantitative estimate of drug-likeness (QED) is 0.806. The number of nitriles is 1. The van der Waals surface area contributed by atoms with Crippen LogP contribution in [0.2, 0.25) is 0 Å². The zero-order valence-electron chi connectivity index (χ0n) is 9.70. The third kappa shape index (κ3) is 3.19. The molecule has 0 N–H and O–H groups in total. The van der Waals surface area contributed by atoms with Crippen LogP contribution in [0.15, 0.2) is 23.1 Å². The highest BCUT2D eigenvalue weighted by molar-refractivity contribution is 7.92. The van der Waals surface area contributed by atoms with E-state index in [0.29, 0.717) is 6.07 Å². The summed E-state index contributed by atoms with van der Waals surface area (Å²) in [4.78, 5) is -0.342. The van der Waals surface area contributed by atoms with Gasteiger partial charge in [-0.1, -0.05) is 0 Å². The van der Waals surface area contributed by atoms with Gasteiger partial charge in [-0.15, -0.1) is 11.6 Å². The van der Waals surface area contributed by atoms with Gasteiger partial charge in [0.05, 0.1) is 27.3 Å². The maximum absolute atomic E-state index is 12.6. The van der Waals surface area contributed by atoms with Gasteiger partial charge in [0.1, 0.15) is 0 Å². The third-order valence-corrected chi connectivity index (χ3v) is 5.28. The molecule has 0 fully saturated rings. The fourth-order valence-electron chi connectivity index (χ4n) is 1.36. The number of rotatable bonds is 3. The van der Waals surface area contributed by atoms with Crippen molar-refractivity contribution in [1.82, 2.24) is 0 Å². The lowest BCUT2D eigenvalue weighted by Gasteiger charge is -2.13. The minimum Gasteiger partial charge on any atom is -0.223 e. The molecule has 0 aliphatic rings. The average Bonchev–Trinajstić information content (AvgIpc) is 2.35. The first-order valence-corrected chi connectivity index (χ1v) is 7.14. The molecule has 1 unspecified atom stereocenters. The number of hydrogen-bond donors (Lipinski definition) is 0. The number of benzene rings is 1. The lowest BCUT2D eigenvalue weighted by Crippen LogP contribution is -2.20. The van der Waals surface area contributed by atoms with Gasteiger partial charge in [-0.2, -0.15) is 18.4 Å². The van der Waals surface area contributed by atoms with Crippen molar-refractivity contribution in [3.63, 3.8) is 0 Å². The first-order valence-electron chi connectivity index (χ1n) is 5.05. The maximum atomic E-state index is 12.6. The number of halogens is 4. The van der Waals surface area contributed by atoms with Crippen molar-refractivity contribution in [2.75, 3.05) is 5.88 Å². The largest absolute Gasteiger partial charge is 0.417 e. The lowest BCUT2D eigenvalue weighted by molar-refractivity contribution is -0.137. The Hall–Kier alpha value is -1.26. The van der Waals surface area contributed by atoms with Crippen molar-refractivity contribution in [3.05, 3.63) is 29.3 Å². The van der Waals surface area contributed by atoms with E-state index in [1.54, 1.807) is 0 Å². The van der Waals surface area contributed by atoms with E-state index in [-0.39, 0.29) is 10.8 Å². The topological polar surface area (TPSA) is 57.9 Å². The summed E-state index contributed by atoms with van der Waals surface area (Å²) in [5.74, 6) is -0.189. The molecule has 1 atom stereocenters. The van der Waals surface area contributed by atoms with E-state index in [9.17, 15) is 21.6 Å². The molecule has 0 spiro atoms. The fraction of sp³-hybridized carbons (Fsp3) is 0.364. The van der Waals surface area contributed by atoms with Crippen molar-refractivity contribution in [2.45, 2.75) is 23.2 Å². The maximum Gasteiger partial charge on any atom is 0.417 e. The van der Waals surface area contributed by atoms with Gasteiger partial charge < -0.3 is 0 Å². The van der Waals surface area contributed by atoms with Crippen LogP contribution in [0, 0.1) is 11.3 Å². The molecule has 8 heteroatoms. The van der Waals surface area contributed by atoms with Crippen LogP contribution in [0.1, 0.15) is 18.1 Å². The van der Waals surface area contributed by atoms with Gasteiger partial charge in [-0.3, -0.25) is 0 Å². The minimum absolute atomic E-state index is 0.189. The van der Waals surface area contributed by atoms with Crippen LogP contribution in [0.5, 0.6) is 0 Å². The summed E-state index contributed by atoms with van der Waals surface area (Å²) in [5, 5.41) is 7.75. The molecule has 19 heavy (non-hydrogen) atoms. The normalized spacial score (nSPS) is 13.9. The Morgan fingerprint density at radius 1 is 1.42 bits per heavy atom. The first kappa shape index (κ1) is 15.8. The summed E-state index contributed by atoms with van der Waals surface area (Å²) >= 11 is 5.44. The van der Waals surface area contributed by atoms with Crippen LogP contribution in [0.3, 0.4) is 0 Å². The SMILES string of the molecule is CC(CCl)S(=O)(=O)c1ccc(C(F)(F)F)c(C#N)c1. The van der Waals surface area contributed by atoms with Crippen LogP contribution >= 0.6 is 11.6 Å². The van der Waals surface area contributed by atoms with Gasteiger partial charge in [-0.25, -0.2) is 8.42 Å². The standard InChI is InChI=1S/C11H9ClF3NO2S/c1-7(5-12)19(17,18)9-2-3-10(11(13,14)15)8(4-9)6-16/h2-4,7H,5H2,1H3. The summed E-state index contributed by atoms with van der Waals surface area (Å²) in [5.41, 5.74) is -1.89. The van der Waals surface area contributed by atoms with Gasteiger partial charge in [0, 0.05) is 5.88 Å². The molecule has 0 aliphatic heterocycles. The Kier molecular flexibility index (Phi) is 4.48. The van der Waals surface area contributed by atoms with Gasteiger partial charge in [0.2, 0.25) is 0 Å². The molecule has 0 aromatic heterocycles. The second kappa shape index (κ2) is 5.39. The second-order valence-electron chi connectivity index (χ2n) is 3.83. The molecular formula is C11H9ClF3NO2S.